The van der Waals surface area contributed by atoms with Crippen LogP contribution in [0.15, 0.2) is 36.4 Å². The van der Waals surface area contributed by atoms with Crippen LogP contribution in [0.4, 0.5) is 13.2 Å². The number of alkyl halides is 3. The Morgan fingerprint density at radius 2 is 1.61 bits per heavy atom. The lowest BCUT2D eigenvalue weighted by Gasteiger charge is -2.37. The number of hydrogen-bond donors (Lipinski definition) is 0. The third-order valence-electron chi connectivity index (χ3n) is 7.39. The molecule has 0 atom stereocenters. The third kappa shape index (κ3) is 6.93. The summed E-state index contributed by atoms with van der Waals surface area (Å²) in [4.78, 5) is 11.7. The number of carbonyl (C=O) groups is 1. The van der Waals surface area contributed by atoms with Gasteiger partial charge >= 0.3 is 6.18 Å². The van der Waals surface area contributed by atoms with E-state index in [1.165, 1.54) is 50.7 Å². The minimum Gasteiger partial charge on any atom is -0.381 e. The number of halogens is 3. The molecule has 0 amide bonds. The Hall–Kier alpha value is -1.62. The molecule has 1 aromatic rings. The average molecular weight is 437 g/mol. The molecule has 2 aliphatic rings. The van der Waals surface area contributed by atoms with Gasteiger partial charge in [-0.05, 0) is 80.6 Å². The molecule has 172 valence electrons. The van der Waals surface area contributed by atoms with Crippen LogP contribution >= 0.6 is 0 Å². The van der Waals surface area contributed by atoms with E-state index >= 15 is 0 Å². The molecule has 2 aliphatic carbocycles. The molecule has 0 radical (unpaired) electrons. The maximum atomic E-state index is 12.9. The average Bonchev–Trinajstić information content (AvgIpc) is 2.78. The normalized spacial score (nSPS) is 27.5. The second kappa shape index (κ2) is 11.3. The Morgan fingerprint density at radius 1 is 1.00 bits per heavy atom. The summed E-state index contributed by atoms with van der Waals surface area (Å²) < 4.78 is 43.7. The molecule has 0 aliphatic heterocycles. The van der Waals surface area contributed by atoms with Crippen LogP contribution in [0.3, 0.4) is 0 Å². The Labute approximate surface area is 184 Å². The zero-order chi connectivity index (χ0) is 22.3. The highest BCUT2D eigenvalue weighted by molar-refractivity contribution is 6.01. The van der Waals surface area contributed by atoms with Crippen molar-refractivity contribution in [2.75, 3.05) is 13.7 Å². The van der Waals surface area contributed by atoms with Gasteiger partial charge in [0.25, 0.3) is 5.78 Å². The predicted octanol–water partition coefficient (Wildman–Crippen LogP) is 7.18. The second-order valence-corrected chi connectivity index (χ2v) is 9.36. The van der Waals surface area contributed by atoms with E-state index in [2.05, 4.69) is 12.2 Å². The number of ketones is 1. The zero-order valence-corrected chi connectivity index (χ0v) is 18.5. The van der Waals surface area contributed by atoms with Crippen LogP contribution in [0.2, 0.25) is 0 Å². The highest BCUT2D eigenvalue weighted by Crippen LogP contribution is 2.42. The van der Waals surface area contributed by atoms with Gasteiger partial charge in [-0.25, -0.2) is 0 Å². The molecular formula is C26H35F3O2. The van der Waals surface area contributed by atoms with E-state index in [0.717, 1.165) is 31.1 Å². The molecule has 0 unspecified atom stereocenters. The van der Waals surface area contributed by atoms with Gasteiger partial charge in [0.1, 0.15) is 0 Å². The van der Waals surface area contributed by atoms with E-state index in [0.29, 0.717) is 30.4 Å². The van der Waals surface area contributed by atoms with Crippen LogP contribution in [0.5, 0.6) is 0 Å². The summed E-state index contributed by atoms with van der Waals surface area (Å²) in [7, 11) is 1.72. The van der Waals surface area contributed by atoms with E-state index in [1.54, 1.807) is 19.2 Å². The summed E-state index contributed by atoms with van der Waals surface area (Å²) in [5, 5.41) is 0. The van der Waals surface area contributed by atoms with Crippen molar-refractivity contribution in [2.45, 2.75) is 70.4 Å². The first kappa shape index (κ1) is 24.0. The van der Waals surface area contributed by atoms with Crippen molar-refractivity contribution in [2.24, 2.45) is 23.7 Å². The molecule has 2 fully saturated rings. The summed E-state index contributed by atoms with van der Waals surface area (Å²) in [6.45, 7) is 0.693. The van der Waals surface area contributed by atoms with E-state index in [4.69, 9.17) is 4.74 Å². The van der Waals surface area contributed by atoms with Gasteiger partial charge in [-0.15, -0.1) is 0 Å². The fourth-order valence-electron chi connectivity index (χ4n) is 5.57. The van der Waals surface area contributed by atoms with Crippen molar-refractivity contribution < 1.29 is 22.7 Å². The van der Waals surface area contributed by atoms with E-state index in [-0.39, 0.29) is 5.56 Å². The topological polar surface area (TPSA) is 26.3 Å². The molecule has 1 aromatic carbocycles. The number of carbonyl (C=O) groups excluding carboxylic acids is 1. The molecule has 2 saturated carbocycles. The van der Waals surface area contributed by atoms with Crippen molar-refractivity contribution in [3.8, 4) is 0 Å². The lowest BCUT2D eigenvalue weighted by Crippen LogP contribution is -2.26. The van der Waals surface area contributed by atoms with Crippen molar-refractivity contribution in [1.29, 1.82) is 0 Å². The Morgan fingerprint density at radius 3 is 2.23 bits per heavy atom. The molecule has 0 bridgehead atoms. The molecule has 0 spiro atoms. The van der Waals surface area contributed by atoms with Crippen LogP contribution in [-0.4, -0.2) is 25.7 Å². The summed E-state index contributed by atoms with van der Waals surface area (Å²) in [6.07, 6.45) is 11.0. The lowest BCUT2D eigenvalue weighted by atomic mass is 9.68. The number of ether oxygens (including phenoxy) is 1. The number of allylic oxidation sites excluding steroid dienone is 1. The maximum Gasteiger partial charge on any atom is 0.454 e. The van der Waals surface area contributed by atoms with Crippen LogP contribution in [0.1, 0.15) is 73.7 Å². The minimum absolute atomic E-state index is 0.181. The number of rotatable bonds is 8. The molecule has 0 N–H and O–H groups in total. The number of hydrogen-bond acceptors (Lipinski definition) is 2. The summed E-state index contributed by atoms with van der Waals surface area (Å²) in [5.41, 5.74) is 0.354. The van der Waals surface area contributed by atoms with Crippen LogP contribution < -0.4 is 0 Å². The number of aryl methyl sites for hydroxylation is 1. The predicted molar refractivity (Wildman–Crippen MR) is 117 cm³/mol. The summed E-state index contributed by atoms with van der Waals surface area (Å²) >= 11 is 0. The molecule has 31 heavy (non-hydrogen) atoms. The highest BCUT2D eigenvalue weighted by atomic mass is 19.4. The molecule has 5 heteroatoms. The number of methoxy groups -OCH3 is 1. The monoisotopic (exact) mass is 436 g/mol. The Kier molecular flexibility index (Phi) is 8.76. The quantitative estimate of drug-likeness (QED) is 0.319. The number of benzene rings is 1. The Bertz CT molecular complexity index is 724. The van der Waals surface area contributed by atoms with Crippen LogP contribution in [0.25, 0.3) is 0 Å². The van der Waals surface area contributed by atoms with Crippen LogP contribution in [-0.2, 0) is 11.2 Å². The first-order valence-electron chi connectivity index (χ1n) is 11.7. The van der Waals surface area contributed by atoms with Gasteiger partial charge in [0.15, 0.2) is 0 Å². The standard InChI is InChI=1S/C26H35F3O2/c1-31-18-4-5-19-8-13-21(14-9-19)22-15-10-20(11-16-22)12-17-23-6-2-3-7-24(23)25(30)26(27,28)29/h2-7,19-22H,8-18H2,1H3/t19-,20-,21-,22-. The molecule has 3 rings (SSSR count). The van der Waals surface area contributed by atoms with Crippen molar-refractivity contribution >= 4 is 5.78 Å². The lowest BCUT2D eigenvalue weighted by molar-refractivity contribution is -0.0885. The van der Waals surface area contributed by atoms with Crippen molar-refractivity contribution in [3.05, 3.63) is 47.5 Å². The van der Waals surface area contributed by atoms with Gasteiger partial charge in [0.05, 0.1) is 6.61 Å². The smallest absolute Gasteiger partial charge is 0.381 e. The molecule has 2 nitrogen and oxygen atoms in total. The Balaban J connectivity index is 1.43. The SMILES string of the molecule is COCC=C[C@H]1CC[C@H]([C@H]2CC[C@H](CCc3ccccc3C(=O)C(F)(F)F)CC2)CC1. The minimum atomic E-state index is -4.81. The first-order valence-corrected chi connectivity index (χ1v) is 11.7. The molecular weight excluding hydrogens is 401 g/mol. The van der Waals surface area contributed by atoms with Gasteiger partial charge in [-0.3, -0.25) is 4.79 Å². The number of Topliss-reactive ketones (excluding diaryl/α,β-unsaturated/α-hetero) is 1. The third-order valence-corrected chi connectivity index (χ3v) is 7.39. The maximum absolute atomic E-state index is 12.9. The van der Waals surface area contributed by atoms with Crippen LogP contribution in [0, 0.1) is 23.7 Å². The first-order chi connectivity index (χ1) is 14.9. The van der Waals surface area contributed by atoms with Crippen molar-refractivity contribution in [1.82, 2.24) is 0 Å². The molecule has 0 heterocycles. The summed E-state index contributed by atoms with van der Waals surface area (Å²) in [6, 6.07) is 6.21. The van der Waals surface area contributed by atoms with E-state index in [9.17, 15) is 18.0 Å². The highest BCUT2D eigenvalue weighted by Gasteiger charge is 2.40. The van der Waals surface area contributed by atoms with E-state index < -0.39 is 12.0 Å². The second-order valence-electron chi connectivity index (χ2n) is 9.36. The van der Waals surface area contributed by atoms with Gasteiger partial charge < -0.3 is 4.74 Å². The fraction of sp³-hybridized carbons (Fsp3) is 0.654. The fourth-order valence-corrected chi connectivity index (χ4v) is 5.57. The largest absolute Gasteiger partial charge is 0.454 e. The van der Waals surface area contributed by atoms with Gasteiger partial charge in [-0.2, -0.15) is 13.2 Å². The molecule has 0 saturated heterocycles. The van der Waals surface area contributed by atoms with Gasteiger partial charge in [0, 0.05) is 12.7 Å². The van der Waals surface area contributed by atoms with E-state index in [1.807, 2.05) is 0 Å². The zero-order valence-electron chi connectivity index (χ0n) is 18.5. The van der Waals surface area contributed by atoms with Gasteiger partial charge in [-0.1, -0.05) is 49.3 Å². The van der Waals surface area contributed by atoms with Crippen molar-refractivity contribution in [3.63, 3.8) is 0 Å². The summed E-state index contributed by atoms with van der Waals surface area (Å²) in [5.74, 6) is 1.16. The molecule has 0 aromatic heterocycles. The van der Waals surface area contributed by atoms with Gasteiger partial charge in [0.2, 0.25) is 0 Å².